The highest BCUT2D eigenvalue weighted by Gasteiger charge is 2.28. The standard InChI is InChI=1S/C10H16F3NO4/c1-6(2)7(9(16)17)3-14-8(15)4-18-5-10(11,12)13/h6-7H,3-5H2,1-2H3,(H,14,15)(H,16,17). The molecule has 0 aliphatic heterocycles. The third-order valence-electron chi connectivity index (χ3n) is 2.14. The summed E-state index contributed by atoms with van der Waals surface area (Å²) in [5.41, 5.74) is 0. The van der Waals surface area contributed by atoms with E-state index < -0.39 is 37.2 Å². The van der Waals surface area contributed by atoms with E-state index in [4.69, 9.17) is 5.11 Å². The fourth-order valence-electron chi connectivity index (χ4n) is 1.14. The summed E-state index contributed by atoms with van der Waals surface area (Å²) in [6, 6.07) is 0. The molecule has 0 aromatic heterocycles. The summed E-state index contributed by atoms with van der Waals surface area (Å²) in [7, 11) is 0. The fraction of sp³-hybridized carbons (Fsp3) is 0.800. The molecule has 5 nitrogen and oxygen atoms in total. The lowest BCUT2D eigenvalue weighted by molar-refractivity contribution is -0.175. The van der Waals surface area contributed by atoms with Gasteiger partial charge in [0.25, 0.3) is 0 Å². The maximum Gasteiger partial charge on any atom is 0.411 e. The molecular weight excluding hydrogens is 255 g/mol. The van der Waals surface area contributed by atoms with Crippen molar-refractivity contribution in [2.45, 2.75) is 20.0 Å². The van der Waals surface area contributed by atoms with Gasteiger partial charge in [-0.2, -0.15) is 13.2 Å². The Morgan fingerprint density at radius 3 is 2.28 bits per heavy atom. The molecule has 106 valence electrons. The largest absolute Gasteiger partial charge is 0.481 e. The Bertz CT molecular complexity index is 291. The van der Waals surface area contributed by atoms with Crippen molar-refractivity contribution < 1.29 is 32.6 Å². The molecule has 0 rings (SSSR count). The third-order valence-corrected chi connectivity index (χ3v) is 2.14. The van der Waals surface area contributed by atoms with Crippen molar-refractivity contribution in [3.8, 4) is 0 Å². The number of carbonyl (C=O) groups excluding carboxylic acids is 1. The highest BCUT2D eigenvalue weighted by Crippen LogP contribution is 2.14. The smallest absolute Gasteiger partial charge is 0.411 e. The van der Waals surface area contributed by atoms with Gasteiger partial charge in [0.1, 0.15) is 13.2 Å². The van der Waals surface area contributed by atoms with Crippen molar-refractivity contribution in [2.24, 2.45) is 11.8 Å². The number of amides is 1. The Balaban J connectivity index is 3.92. The van der Waals surface area contributed by atoms with E-state index in [1.807, 2.05) is 0 Å². The van der Waals surface area contributed by atoms with Gasteiger partial charge in [-0.1, -0.05) is 13.8 Å². The maximum absolute atomic E-state index is 11.7. The van der Waals surface area contributed by atoms with Crippen molar-refractivity contribution >= 4 is 11.9 Å². The number of alkyl halides is 3. The molecule has 0 saturated heterocycles. The summed E-state index contributed by atoms with van der Waals surface area (Å²) >= 11 is 0. The molecule has 0 aromatic rings. The van der Waals surface area contributed by atoms with Crippen LogP contribution in [0.2, 0.25) is 0 Å². The Hall–Kier alpha value is -1.31. The zero-order chi connectivity index (χ0) is 14.3. The van der Waals surface area contributed by atoms with Gasteiger partial charge in [0.05, 0.1) is 5.92 Å². The van der Waals surface area contributed by atoms with Crippen LogP contribution in [-0.2, 0) is 14.3 Å². The molecular formula is C10H16F3NO4. The molecule has 0 bridgehead atoms. The van der Waals surface area contributed by atoms with Crippen LogP contribution in [0.5, 0.6) is 0 Å². The van der Waals surface area contributed by atoms with Gasteiger partial charge in [-0.25, -0.2) is 0 Å². The van der Waals surface area contributed by atoms with Crippen LogP contribution < -0.4 is 5.32 Å². The molecule has 0 aliphatic rings. The molecule has 8 heteroatoms. The molecule has 1 amide bonds. The highest BCUT2D eigenvalue weighted by molar-refractivity contribution is 5.78. The lowest BCUT2D eigenvalue weighted by Crippen LogP contribution is -2.37. The molecule has 0 radical (unpaired) electrons. The summed E-state index contributed by atoms with van der Waals surface area (Å²) in [5, 5.41) is 11.0. The van der Waals surface area contributed by atoms with E-state index in [9.17, 15) is 22.8 Å². The van der Waals surface area contributed by atoms with E-state index in [1.165, 1.54) is 0 Å². The van der Waals surface area contributed by atoms with Crippen LogP contribution in [0.15, 0.2) is 0 Å². The molecule has 0 aliphatic carbocycles. The van der Waals surface area contributed by atoms with E-state index >= 15 is 0 Å². The molecule has 0 spiro atoms. The fourth-order valence-corrected chi connectivity index (χ4v) is 1.14. The summed E-state index contributed by atoms with van der Waals surface area (Å²) < 4.78 is 39.2. The zero-order valence-electron chi connectivity index (χ0n) is 10.1. The van der Waals surface area contributed by atoms with E-state index in [0.29, 0.717) is 0 Å². The van der Waals surface area contributed by atoms with Crippen LogP contribution >= 0.6 is 0 Å². The molecule has 0 saturated carbocycles. The quantitative estimate of drug-likeness (QED) is 0.725. The number of nitrogens with one attached hydrogen (secondary N) is 1. The number of carboxylic acid groups (broad SMARTS) is 1. The van der Waals surface area contributed by atoms with Crippen molar-refractivity contribution in [1.82, 2.24) is 5.32 Å². The van der Waals surface area contributed by atoms with Crippen LogP contribution in [0.3, 0.4) is 0 Å². The Labute approximate surface area is 102 Å². The summed E-state index contributed by atoms with van der Waals surface area (Å²) in [5.74, 6) is -2.82. The van der Waals surface area contributed by atoms with Crippen LogP contribution in [0.25, 0.3) is 0 Å². The van der Waals surface area contributed by atoms with Crippen LogP contribution in [0.1, 0.15) is 13.8 Å². The van der Waals surface area contributed by atoms with Crippen LogP contribution in [-0.4, -0.2) is 42.9 Å². The highest BCUT2D eigenvalue weighted by atomic mass is 19.4. The topological polar surface area (TPSA) is 75.6 Å². The molecule has 1 unspecified atom stereocenters. The second-order valence-electron chi connectivity index (χ2n) is 4.10. The van der Waals surface area contributed by atoms with Gasteiger partial charge in [0, 0.05) is 6.54 Å². The zero-order valence-corrected chi connectivity index (χ0v) is 10.1. The van der Waals surface area contributed by atoms with Crippen molar-refractivity contribution in [1.29, 1.82) is 0 Å². The van der Waals surface area contributed by atoms with Crippen LogP contribution in [0.4, 0.5) is 13.2 Å². The molecule has 0 aromatic carbocycles. The first-order valence-corrected chi connectivity index (χ1v) is 5.27. The third kappa shape index (κ3) is 7.88. The first-order valence-electron chi connectivity index (χ1n) is 5.27. The second-order valence-corrected chi connectivity index (χ2v) is 4.10. The first kappa shape index (κ1) is 16.7. The van der Waals surface area contributed by atoms with Gasteiger partial charge in [-0.3, -0.25) is 9.59 Å². The van der Waals surface area contributed by atoms with Gasteiger partial charge >= 0.3 is 12.1 Å². The van der Waals surface area contributed by atoms with E-state index in [2.05, 4.69) is 10.1 Å². The van der Waals surface area contributed by atoms with Gasteiger partial charge in [0.2, 0.25) is 5.91 Å². The number of halogens is 3. The molecule has 1 atom stereocenters. The number of carboxylic acids is 1. The number of hydrogen-bond acceptors (Lipinski definition) is 3. The number of ether oxygens (including phenoxy) is 1. The van der Waals surface area contributed by atoms with Crippen molar-refractivity contribution in [2.75, 3.05) is 19.8 Å². The molecule has 0 fully saturated rings. The Kier molecular flexibility index (Phi) is 6.67. The predicted octanol–water partition coefficient (Wildman–Crippen LogP) is 1.04. The average molecular weight is 271 g/mol. The van der Waals surface area contributed by atoms with Crippen molar-refractivity contribution in [3.63, 3.8) is 0 Å². The molecule has 18 heavy (non-hydrogen) atoms. The van der Waals surface area contributed by atoms with Crippen LogP contribution in [0, 0.1) is 11.8 Å². The summed E-state index contributed by atoms with van der Waals surface area (Å²) in [6.07, 6.45) is -4.48. The van der Waals surface area contributed by atoms with Gasteiger partial charge in [-0.15, -0.1) is 0 Å². The number of aliphatic carboxylic acids is 1. The van der Waals surface area contributed by atoms with Gasteiger partial charge in [0.15, 0.2) is 0 Å². The first-order chi connectivity index (χ1) is 8.13. The minimum absolute atomic E-state index is 0.138. The number of rotatable bonds is 7. The van der Waals surface area contributed by atoms with Gasteiger partial charge < -0.3 is 15.2 Å². The SMILES string of the molecule is CC(C)C(CNC(=O)COCC(F)(F)F)C(=O)O. The lowest BCUT2D eigenvalue weighted by Gasteiger charge is -2.16. The van der Waals surface area contributed by atoms with E-state index in [-0.39, 0.29) is 12.5 Å². The summed E-state index contributed by atoms with van der Waals surface area (Å²) in [4.78, 5) is 21.8. The maximum atomic E-state index is 11.7. The monoisotopic (exact) mass is 271 g/mol. The molecule has 0 heterocycles. The van der Waals surface area contributed by atoms with Gasteiger partial charge in [-0.05, 0) is 5.92 Å². The summed E-state index contributed by atoms with van der Waals surface area (Å²) in [6.45, 7) is 0.953. The lowest BCUT2D eigenvalue weighted by atomic mass is 9.96. The molecule has 2 N–H and O–H groups in total. The normalized spacial score (nSPS) is 13.4. The number of carbonyl (C=O) groups is 2. The Morgan fingerprint density at radius 1 is 1.33 bits per heavy atom. The van der Waals surface area contributed by atoms with Crippen molar-refractivity contribution in [3.05, 3.63) is 0 Å². The minimum atomic E-state index is -4.48. The Morgan fingerprint density at radius 2 is 1.89 bits per heavy atom. The predicted molar refractivity (Wildman–Crippen MR) is 55.8 cm³/mol. The minimum Gasteiger partial charge on any atom is -0.481 e. The number of hydrogen-bond donors (Lipinski definition) is 2. The van der Waals surface area contributed by atoms with E-state index in [1.54, 1.807) is 13.8 Å². The average Bonchev–Trinajstić information content (AvgIpc) is 2.14. The second kappa shape index (κ2) is 7.20. The van der Waals surface area contributed by atoms with E-state index in [0.717, 1.165) is 0 Å².